The third-order valence-electron chi connectivity index (χ3n) is 3.31. The molecular formula is C14H14N2O3S. The second-order valence-corrected chi connectivity index (χ2v) is 5.96. The maximum absolute atomic E-state index is 5.88. The van der Waals surface area contributed by atoms with Gasteiger partial charge >= 0.3 is 0 Å². The summed E-state index contributed by atoms with van der Waals surface area (Å²) in [6.45, 7) is 0.549. The van der Waals surface area contributed by atoms with Crippen molar-refractivity contribution in [2.24, 2.45) is 0 Å². The van der Waals surface area contributed by atoms with Gasteiger partial charge in [-0.25, -0.2) is 0 Å². The molecule has 2 aromatic rings. The van der Waals surface area contributed by atoms with Crippen molar-refractivity contribution in [2.75, 3.05) is 12.4 Å². The average Bonchev–Trinajstić information content (AvgIpc) is 3.24. The zero-order valence-corrected chi connectivity index (χ0v) is 11.6. The minimum Gasteiger partial charge on any atom is -0.486 e. The van der Waals surface area contributed by atoms with Crippen LogP contribution < -0.4 is 9.47 Å². The zero-order valence-electron chi connectivity index (χ0n) is 10.8. The van der Waals surface area contributed by atoms with E-state index in [1.807, 2.05) is 24.3 Å². The molecule has 1 aromatic heterocycles. The Morgan fingerprint density at radius 1 is 1.15 bits per heavy atom. The lowest BCUT2D eigenvalue weighted by atomic mass is 10.3. The highest BCUT2D eigenvalue weighted by Crippen LogP contribution is 2.40. The molecule has 2 aliphatic rings. The van der Waals surface area contributed by atoms with E-state index in [2.05, 4.69) is 10.2 Å². The monoisotopic (exact) mass is 290 g/mol. The van der Waals surface area contributed by atoms with Crippen LogP contribution in [0.25, 0.3) is 0 Å². The molecule has 0 spiro atoms. The Labute approximate surface area is 120 Å². The molecule has 0 saturated heterocycles. The van der Waals surface area contributed by atoms with E-state index in [1.165, 1.54) is 24.6 Å². The van der Waals surface area contributed by atoms with Crippen LogP contribution in [0.4, 0.5) is 0 Å². The first-order chi connectivity index (χ1) is 9.88. The Bertz CT molecular complexity index is 612. The fourth-order valence-corrected chi connectivity index (χ4v) is 2.82. The quantitative estimate of drug-likeness (QED) is 0.807. The molecule has 1 aliphatic carbocycles. The normalized spacial score (nSPS) is 20.9. The minimum atomic E-state index is 0.00572. The highest BCUT2D eigenvalue weighted by atomic mass is 32.2. The Morgan fingerprint density at radius 2 is 2.00 bits per heavy atom. The number of nitrogens with zero attached hydrogens (tertiary/aromatic N) is 2. The van der Waals surface area contributed by atoms with Crippen molar-refractivity contribution in [3.05, 3.63) is 30.2 Å². The molecule has 0 amide bonds. The van der Waals surface area contributed by atoms with Gasteiger partial charge in [0.2, 0.25) is 5.89 Å². The first-order valence-electron chi connectivity index (χ1n) is 6.73. The molecule has 1 saturated carbocycles. The SMILES string of the molecule is c1ccc2c(c1)OC[C@@H](CSc1nnc(C3CC3)o1)O2. The van der Waals surface area contributed by atoms with Crippen molar-refractivity contribution >= 4 is 11.8 Å². The van der Waals surface area contributed by atoms with E-state index in [0.717, 1.165) is 23.1 Å². The van der Waals surface area contributed by atoms with Crippen LogP contribution in [0.15, 0.2) is 33.9 Å². The van der Waals surface area contributed by atoms with Crippen molar-refractivity contribution in [3.8, 4) is 11.5 Å². The molecule has 5 nitrogen and oxygen atoms in total. The summed E-state index contributed by atoms with van der Waals surface area (Å²) >= 11 is 1.52. The number of benzene rings is 1. The third kappa shape index (κ3) is 2.47. The second-order valence-electron chi connectivity index (χ2n) is 4.99. The Hall–Kier alpha value is -1.69. The molecule has 0 N–H and O–H groups in total. The summed E-state index contributed by atoms with van der Waals surface area (Å²) in [6.07, 6.45) is 2.34. The lowest BCUT2D eigenvalue weighted by Gasteiger charge is -2.25. The second kappa shape index (κ2) is 5.01. The van der Waals surface area contributed by atoms with Gasteiger partial charge in [-0.2, -0.15) is 0 Å². The van der Waals surface area contributed by atoms with Gasteiger partial charge in [0.1, 0.15) is 12.7 Å². The summed E-state index contributed by atoms with van der Waals surface area (Å²) in [5.74, 6) is 3.62. The van der Waals surface area contributed by atoms with Gasteiger partial charge in [0.15, 0.2) is 11.5 Å². The van der Waals surface area contributed by atoms with E-state index >= 15 is 0 Å². The van der Waals surface area contributed by atoms with Gasteiger partial charge < -0.3 is 13.9 Å². The zero-order chi connectivity index (χ0) is 13.4. The van der Waals surface area contributed by atoms with Crippen molar-refractivity contribution in [3.63, 3.8) is 0 Å². The molecule has 0 bridgehead atoms. The van der Waals surface area contributed by atoms with Crippen LogP contribution in [0.1, 0.15) is 24.7 Å². The smallest absolute Gasteiger partial charge is 0.276 e. The maximum Gasteiger partial charge on any atom is 0.276 e. The van der Waals surface area contributed by atoms with Crippen LogP contribution in [0.3, 0.4) is 0 Å². The van der Waals surface area contributed by atoms with E-state index in [0.29, 0.717) is 17.7 Å². The minimum absolute atomic E-state index is 0.00572. The fraction of sp³-hybridized carbons (Fsp3) is 0.429. The Kier molecular flexibility index (Phi) is 3.03. The maximum atomic E-state index is 5.88. The van der Waals surface area contributed by atoms with Gasteiger partial charge in [-0.3, -0.25) is 0 Å². The summed E-state index contributed by atoms with van der Waals surface area (Å²) < 4.78 is 17.2. The van der Waals surface area contributed by atoms with Gasteiger partial charge in [0.05, 0.1) is 0 Å². The molecule has 1 aliphatic heterocycles. The van der Waals surface area contributed by atoms with E-state index < -0.39 is 0 Å². The van der Waals surface area contributed by atoms with Gasteiger partial charge in [-0.15, -0.1) is 10.2 Å². The van der Waals surface area contributed by atoms with Gasteiger partial charge in [0.25, 0.3) is 5.22 Å². The Morgan fingerprint density at radius 3 is 2.85 bits per heavy atom. The number of aromatic nitrogens is 2. The lowest BCUT2D eigenvalue weighted by molar-refractivity contribution is 0.107. The number of thioether (sulfide) groups is 1. The number of hydrogen-bond donors (Lipinski definition) is 0. The Balaban J connectivity index is 1.35. The average molecular weight is 290 g/mol. The molecular weight excluding hydrogens is 276 g/mol. The predicted octanol–water partition coefficient (Wildman–Crippen LogP) is 2.88. The molecule has 104 valence electrons. The van der Waals surface area contributed by atoms with Crippen LogP contribution in [0.2, 0.25) is 0 Å². The number of ether oxygens (including phenoxy) is 2. The number of hydrogen-bond acceptors (Lipinski definition) is 6. The van der Waals surface area contributed by atoms with Crippen LogP contribution in [-0.4, -0.2) is 28.7 Å². The first kappa shape index (κ1) is 12.1. The van der Waals surface area contributed by atoms with Crippen molar-refractivity contribution in [1.29, 1.82) is 0 Å². The fourth-order valence-electron chi connectivity index (χ4n) is 2.08. The van der Waals surface area contributed by atoms with Crippen LogP contribution in [0.5, 0.6) is 11.5 Å². The standard InChI is InChI=1S/C14H14N2O3S/c1-2-4-12-11(3-1)17-7-10(18-12)8-20-14-16-15-13(19-14)9-5-6-9/h1-4,9-10H,5-8H2/t10-/m0/s1. The van der Waals surface area contributed by atoms with Crippen molar-refractivity contribution < 1.29 is 13.9 Å². The summed E-state index contributed by atoms with van der Waals surface area (Å²) in [4.78, 5) is 0. The largest absolute Gasteiger partial charge is 0.486 e. The summed E-state index contributed by atoms with van der Waals surface area (Å²) in [6, 6.07) is 7.72. The highest BCUT2D eigenvalue weighted by molar-refractivity contribution is 7.99. The molecule has 1 aromatic carbocycles. The first-order valence-corrected chi connectivity index (χ1v) is 7.72. The summed E-state index contributed by atoms with van der Waals surface area (Å²) in [5, 5.41) is 8.74. The molecule has 0 unspecified atom stereocenters. The molecule has 20 heavy (non-hydrogen) atoms. The van der Waals surface area contributed by atoms with Crippen LogP contribution in [-0.2, 0) is 0 Å². The summed E-state index contributed by atoms with van der Waals surface area (Å²) in [5.41, 5.74) is 0. The van der Waals surface area contributed by atoms with E-state index in [4.69, 9.17) is 13.9 Å². The molecule has 0 radical (unpaired) electrons. The molecule has 1 fully saturated rings. The topological polar surface area (TPSA) is 57.4 Å². The van der Waals surface area contributed by atoms with Gasteiger partial charge in [-0.05, 0) is 25.0 Å². The van der Waals surface area contributed by atoms with E-state index in [1.54, 1.807) is 0 Å². The molecule has 4 rings (SSSR count). The van der Waals surface area contributed by atoms with Crippen molar-refractivity contribution in [1.82, 2.24) is 10.2 Å². The van der Waals surface area contributed by atoms with Crippen LogP contribution >= 0.6 is 11.8 Å². The summed E-state index contributed by atoms with van der Waals surface area (Å²) in [7, 11) is 0. The van der Waals surface area contributed by atoms with Gasteiger partial charge in [0, 0.05) is 11.7 Å². The number of fused-ring (bicyclic) bond motifs is 1. The molecule has 2 heterocycles. The van der Waals surface area contributed by atoms with E-state index in [-0.39, 0.29) is 6.10 Å². The van der Waals surface area contributed by atoms with Gasteiger partial charge in [-0.1, -0.05) is 23.9 Å². The van der Waals surface area contributed by atoms with E-state index in [9.17, 15) is 0 Å². The van der Waals surface area contributed by atoms with Crippen LogP contribution in [0, 0.1) is 0 Å². The number of para-hydroxylation sites is 2. The highest BCUT2D eigenvalue weighted by Gasteiger charge is 2.29. The lowest BCUT2D eigenvalue weighted by Crippen LogP contribution is -2.31. The predicted molar refractivity (Wildman–Crippen MR) is 73.4 cm³/mol. The molecule has 1 atom stereocenters. The number of rotatable bonds is 4. The van der Waals surface area contributed by atoms with Crippen molar-refractivity contribution in [2.45, 2.75) is 30.1 Å². The molecule has 6 heteroatoms. The third-order valence-corrected chi connectivity index (χ3v) is 4.26.